The van der Waals surface area contributed by atoms with Crippen molar-refractivity contribution >= 4 is 5.97 Å². The van der Waals surface area contributed by atoms with E-state index in [1.54, 1.807) is 12.1 Å². The minimum atomic E-state index is -4.75. The number of imidazole rings is 1. The molecule has 0 saturated carbocycles. The standard InChI is InChI=1S/C28H23F3N4O3/c1-27(33,14-24(36)37)26-34-22(15-32)25(35-26)20-11-12-23(21(13-20)28(29,30)31)38-16-17-7-9-19(10-8-17)18-5-3-2-4-6-18/h2-13H,14,16,33H2,1H3,(H,34,35)(H,36,37)/t27-/m0/s1. The van der Waals surface area contributed by atoms with E-state index >= 15 is 0 Å². The van der Waals surface area contributed by atoms with Gasteiger partial charge in [-0.3, -0.25) is 4.79 Å². The Morgan fingerprint density at radius 1 is 1.05 bits per heavy atom. The van der Waals surface area contributed by atoms with Gasteiger partial charge in [-0.25, -0.2) is 4.98 Å². The van der Waals surface area contributed by atoms with Crippen molar-refractivity contribution in [3.8, 4) is 34.2 Å². The third-order valence-corrected chi connectivity index (χ3v) is 5.90. The van der Waals surface area contributed by atoms with Gasteiger partial charge in [0.2, 0.25) is 0 Å². The van der Waals surface area contributed by atoms with E-state index in [1.165, 1.54) is 19.1 Å². The van der Waals surface area contributed by atoms with Gasteiger partial charge in [-0.05, 0) is 41.8 Å². The second-order valence-corrected chi connectivity index (χ2v) is 8.97. The summed E-state index contributed by atoms with van der Waals surface area (Å²) in [4.78, 5) is 17.9. The number of aliphatic carboxylic acids is 1. The largest absolute Gasteiger partial charge is 0.488 e. The lowest BCUT2D eigenvalue weighted by Gasteiger charge is -2.19. The second kappa shape index (κ2) is 10.4. The van der Waals surface area contributed by atoms with Crippen LogP contribution in [0.2, 0.25) is 0 Å². The number of carboxylic acids is 1. The zero-order chi connectivity index (χ0) is 27.5. The number of alkyl halides is 3. The molecule has 7 nitrogen and oxygen atoms in total. The summed E-state index contributed by atoms with van der Waals surface area (Å²) in [6, 6.07) is 22.2. The summed E-state index contributed by atoms with van der Waals surface area (Å²) in [7, 11) is 0. The van der Waals surface area contributed by atoms with Crippen molar-refractivity contribution in [3.63, 3.8) is 0 Å². The predicted molar refractivity (Wildman–Crippen MR) is 134 cm³/mol. The number of nitrogens with one attached hydrogen (secondary N) is 1. The highest BCUT2D eigenvalue weighted by molar-refractivity contribution is 5.70. The van der Waals surface area contributed by atoms with Gasteiger partial charge in [-0.15, -0.1) is 0 Å². The summed E-state index contributed by atoms with van der Waals surface area (Å²) < 4.78 is 47.5. The molecule has 1 atom stereocenters. The van der Waals surface area contributed by atoms with Crippen molar-refractivity contribution in [2.24, 2.45) is 5.73 Å². The molecule has 3 aromatic carbocycles. The first-order valence-corrected chi connectivity index (χ1v) is 11.5. The number of hydrogen-bond acceptors (Lipinski definition) is 5. The van der Waals surface area contributed by atoms with Crippen LogP contribution in [0.1, 0.15) is 36.0 Å². The highest BCUT2D eigenvalue weighted by Crippen LogP contribution is 2.39. The molecule has 1 heterocycles. The average molecular weight is 521 g/mol. The van der Waals surface area contributed by atoms with Crippen LogP contribution in [-0.4, -0.2) is 21.0 Å². The van der Waals surface area contributed by atoms with E-state index < -0.39 is 29.7 Å². The summed E-state index contributed by atoms with van der Waals surface area (Å²) >= 11 is 0. The van der Waals surface area contributed by atoms with Crippen molar-refractivity contribution < 1.29 is 27.8 Å². The molecule has 4 aromatic rings. The normalized spacial score (nSPS) is 12.9. The van der Waals surface area contributed by atoms with E-state index in [4.69, 9.17) is 15.6 Å². The molecule has 4 rings (SSSR count). The zero-order valence-electron chi connectivity index (χ0n) is 20.2. The van der Waals surface area contributed by atoms with Crippen LogP contribution < -0.4 is 10.5 Å². The molecular formula is C28H23F3N4O3. The maximum atomic E-state index is 14.0. The Morgan fingerprint density at radius 2 is 1.68 bits per heavy atom. The first kappa shape index (κ1) is 26.4. The lowest BCUT2D eigenvalue weighted by atomic mass is 9.99. The van der Waals surface area contributed by atoms with Crippen LogP contribution in [0, 0.1) is 11.3 Å². The van der Waals surface area contributed by atoms with Crippen molar-refractivity contribution in [1.82, 2.24) is 9.97 Å². The monoisotopic (exact) mass is 520 g/mol. The van der Waals surface area contributed by atoms with Crippen molar-refractivity contribution in [3.05, 3.63) is 95.4 Å². The summed E-state index contributed by atoms with van der Waals surface area (Å²) in [5, 5.41) is 18.6. The van der Waals surface area contributed by atoms with Gasteiger partial charge in [-0.2, -0.15) is 18.4 Å². The number of nitriles is 1. The Morgan fingerprint density at radius 3 is 2.29 bits per heavy atom. The predicted octanol–water partition coefficient (Wildman–Crippen LogP) is 5.86. The molecule has 38 heavy (non-hydrogen) atoms. The Balaban J connectivity index is 1.61. The first-order chi connectivity index (χ1) is 18.0. The number of benzene rings is 3. The van der Waals surface area contributed by atoms with E-state index in [0.29, 0.717) is 5.56 Å². The number of nitrogens with two attached hydrogens (primary N) is 1. The number of rotatable bonds is 8. The highest BCUT2D eigenvalue weighted by atomic mass is 19.4. The maximum absolute atomic E-state index is 14.0. The number of ether oxygens (including phenoxy) is 1. The molecular weight excluding hydrogens is 497 g/mol. The van der Waals surface area contributed by atoms with E-state index in [9.17, 15) is 23.2 Å². The number of H-pyrrole nitrogens is 1. The molecule has 0 aliphatic heterocycles. The Bertz CT molecular complexity index is 1490. The van der Waals surface area contributed by atoms with Gasteiger partial charge in [0, 0.05) is 5.56 Å². The number of aromatic nitrogens is 2. The van der Waals surface area contributed by atoms with E-state index in [0.717, 1.165) is 17.2 Å². The van der Waals surface area contributed by atoms with Gasteiger partial charge < -0.3 is 20.6 Å². The van der Waals surface area contributed by atoms with Gasteiger partial charge in [-0.1, -0.05) is 54.6 Å². The van der Waals surface area contributed by atoms with Crippen LogP contribution in [0.5, 0.6) is 5.75 Å². The number of carboxylic acid groups (broad SMARTS) is 1. The zero-order valence-corrected chi connectivity index (χ0v) is 20.2. The number of nitrogens with zero attached hydrogens (tertiary/aromatic N) is 2. The molecule has 0 unspecified atom stereocenters. The fourth-order valence-electron chi connectivity index (χ4n) is 3.95. The van der Waals surface area contributed by atoms with Crippen LogP contribution in [-0.2, 0) is 23.1 Å². The lowest BCUT2D eigenvalue weighted by Crippen LogP contribution is -2.36. The highest BCUT2D eigenvalue weighted by Gasteiger charge is 2.36. The molecule has 0 fully saturated rings. The molecule has 0 saturated heterocycles. The maximum Gasteiger partial charge on any atom is 0.419 e. The van der Waals surface area contributed by atoms with E-state index in [1.807, 2.05) is 48.5 Å². The molecule has 0 radical (unpaired) electrons. The van der Waals surface area contributed by atoms with Gasteiger partial charge in [0.1, 0.15) is 24.3 Å². The molecule has 1 aromatic heterocycles. The van der Waals surface area contributed by atoms with Crippen molar-refractivity contribution in [1.29, 1.82) is 5.26 Å². The molecule has 194 valence electrons. The van der Waals surface area contributed by atoms with Gasteiger partial charge in [0.25, 0.3) is 0 Å². The lowest BCUT2D eigenvalue weighted by molar-refractivity contribution is -0.139. The smallest absolute Gasteiger partial charge is 0.419 e. The minimum Gasteiger partial charge on any atom is -0.488 e. The summed E-state index contributed by atoms with van der Waals surface area (Å²) in [5.74, 6) is -1.59. The van der Waals surface area contributed by atoms with Crippen LogP contribution in [0.25, 0.3) is 22.4 Å². The third kappa shape index (κ3) is 5.85. The number of carbonyl (C=O) groups is 1. The summed E-state index contributed by atoms with van der Waals surface area (Å²) in [5.41, 5.74) is 6.03. The fraction of sp³-hybridized carbons (Fsp3) is 0.179. The van der Waals surface area contributed by atoms with Gasteiger partial charge >= 0.3 is 12.1 Å². The van der Waals surface area contributed by atoms with E-state index in [2.05, 4.69) is 9.97 Å². The van der Waals surface area contributed by atoms with Gasteiger partial charge in [0.05, 0.1) is 23.2 Å². The minimum absolute atomic E-state index is 0.00175. The average Bonchev–Trinajstić information content (AvgIpc) is 3.33. The molecule has 0 aliphatic rings. The summed E-state index contributed by atoms with van der Waals surface area (Å²) in [6.07, 6.45) is -5.25. The quantitative estimate of drug-likeness (QED) is 0.267. The SMILES string of the molecule is C[C@](N)(CC(=O)O)c1nc(C#N)c(-c2ccc(OCc3ccc(-c4ccccc4)cc3)c(C(F)(F)F)c2)[nH]1. The number of aromatic amines is 1. The van der Waals surface area contributed by atoms with Crippen LogP contribution in [0.4, 0.5) is 13.2 Å². The number of hydrogen-bond donors (Lipinski definition) is 3. The van der Waals surface area contributed by atoms with Crippen LogP contribution in [0.15, 0.2) is 72.8 Å². The third-order valence-electron chi connectivity index (χ3n) is 5.90. The topological polar surface area (TPSA) is 125 Å². The fourth-order valence-corrected chi connectivity index (χ4v) is 3.95. The molecule has 0 bridgehead atoms. The molecule has 10 heteroatoms. The Hall–Kier alpha value is -4.62. The molecule has 0 amide bonds. The van der Waals surface area contributed by atoms with Gasteiger partial charge in [0.15, 0.2) is 5.69 Å². The molecule has 0 aliphatic carbocycles. The molecule has 0 spiro atoms. The van der Waals surface area contributed by atoms with Crippen LogP contribution in [0.3, 0.4) is 0 Å². The summed E-state index contributed by atoms with van der Waals surface area (Å²) in [6.45, 7) is 1.31. The first-order valence-electron chi connectivity index (χ1n) is 11.5. The second-order valence-electron chi connectivity index (χ2n) is 8.97. The van der Waals surface area contributed by atoms with Crippen molar-refractivity contribution in [2.45, 2.75) is 31.7 Å². The Kier molecular flexibility index (Phi) is 7.23. The van der Waals surface area contributed by atoms with Crippen LogP contribution >= 0.6 is 0 Å². The van der Waals surface area contributed by atoms with E-state index in [-0.39, 0.29) is 35.1 Å². The van der Waals surface area contributed by atoms with Crippen molar-refractivity contribution in [2.75, 3.05) is 0 Å². The Labute approximate surface area is 216 Å². The number of halogens is 3. The molecule has 4 N–H and O–H groups in total.